The molecule has 1 fully saturated rings. The summed E-state index contributed by atoms with van der Waals surface area (Å²) in [7, 11) is 0. The fourth-order valence-electron chi connectivity index (χ4n) is 3.70. The number of nitrogens with two attached hydrogens (primary N) is 1. The highest BCUT2D eigenvalue weighted by Gasteiger charge is 2.33. The Morgan fingerprint density at radius 3 is 2.68 bits per heavy atom. The predicted octanol–water partition coefficient (Wildman–Crippen LogP) is 3.10. The number of nitrogens with zero attached hydrogens (tertiary/aromatic N) is 3. The van der Waals surface area contributed by atoms with Crippen LogP contribution < -0.4 is 11.1 Å². The molecule has 31 heavy (non-hydrogen) atoms. The topological polar surface area (TPSA) is 141 Å². The molecule has 0 amide bonds. The molecule has 4 rings (SSSR count). The summed E-state index contributed by atoms with van der Waals surface area (Å²) in [5, 5.41) is 30.2. The molecule has 2 unspecified atom stereocenters. The van der Waals surface area contributed by atoms with Gasteiger partial charge in [0.05, 0.1) is 41.0 Å². The largest absolute Gasteiger partial charge is 0.393 e. The van der Waals surface area contributed by atoms with Crippen molar-refractivity contribution in [2.75, 3.05) is 5.32 Å². The number of aromatic nitrogens is 3. The first-order valence-corrected chi connectivity index (χ1v) is 10.3. The Balaban J connectivity index is 1.62. The number of anilines is 2. The molecular weight excluding hydrogens is 392 g/mol. The zero-order valence-electron chi connectivity index (χ0n) is 17.2. The van der Waals surface area contributed by atoms with Crippen LogP contribution in [-0.2, 0) is 0 Å². The van der Waals surface area contributed by atoms with Gasteiger partial charge >= 0.3 is 0 Å². The highest BCUT2D eigenvalue weighted by molar-refractivity contribution is 5.89. The first-order chi connectivity index (χ1) is 14.9. The van der Waals surface area contributed by atoms with Crippen molar-refractivity contribution in [1.29, 1.82) is 5.41 Å². The minimum Gasteiger partial charge on any atom is -0.393 e. The Morgan fingerprint density at radius 1 is 1.16 bits per heavy atom. The van der Waals surface area contributed by atoms with E-state index in [0.29, 0.717) is 35.7 Å². The molecular formula is C23H26N6O2. The van der Waals surface area contributed by atoms with Crippen LogP contribution in [0.15, 0.2) is 48.7 Å². The van der Waals surface area contributed by atoms with E-state index in [4.69, 9.17) is 16.1 Å². The maximum atomic E-state index is 9.77. The van der Waals surface area contributed by atoms with Gasteiger partial charge in [-0.15, -0.1) is 0 Å². The molecule has 0 bridgehead atoms. The Hall–Kier alpha value is -3.20. The number of aliphatic hydroxyl groups excluding tert-OH is 2. The van der Waals surface area contributed by atoms with E-state index >= 15 is 0 Å². The maximum absolute atomic E-state index is 9.77. The Bertz CT molecular complexity index is 1080. The average molecular weight is 419 g/mol. The average Bonchev–Trinajstić information content (AvgIpc) is 2.76. The summed E-state index contributed by atoms with van der Waals surface area (Å²) in [5.41, 5.74) is 10.6. The molecule has 1 aromatic carbocycles. The molecule has 2 atom stereocenters. The third-order valence-corrected chi connectivity index (χ3v) is 5.63. The SMILES string of the molecule is CC(O)c1ccnc(Nc2cc(-c3cccc(C(N)C4CC(O)C4)n3)ccc2C=N)n1. The summed E-state index contributed by atoms with van der Waals surface area (Å²) in [6, 6.07) is 12.8. The number of benzene rings is 1. The van der Waals surface area contributed by atoms with Gasteiger partial charge in [-0.25, -0.2) is 9.97 Å². The zero-order chi connectivity index (χ0) is 22.0. The van der Waals surface area contributed by atoms with Gasteiger partial charge in [-0.2, -0.15) is 0 Å². The fourth-order valence-corrected chi connectivity index (χ4v) is 3.70. The molecule has 1 aliphatic carbocycles. The highest BCUT2D eigenvalue weighted by Crippen LogP contribution is 2.36. The van der Waals surface area contributed by atoms with Gasteiger partial charge in [-0.05, 0) is 49.9 Å². The predicted molar refractivity (Wildman–Crippen MR) is 119 cm³/mol. The fraction of sp³-hybridized carbons (Fsp3) is 0.304. The number of pyridine rings is 1. The molecule has 2 aromatic heterocycles. The van der Waals surface area contributed by atoms with Gasteiger partial charge in [-0.1, -0.05) is 18.2 Å². The lowest BCUT2D eigenvalue weighted by Crippen LogP contribution is -2.36. The summed E-state index contributed by atoms with van der Waals surface area (Å²) >= 11 is 0. The monoisotopic (exact) mass is 418 g/mol. The zero-order valence-corrected chi connectivity index (χ0v) is 17.2. The summed E-state index contributed by atoms with van der Waals surface area (Å²) in [6.07, 6.45) is 3.30. The molecule has 160 valence electrons. The van der Waals surface area contributed by atoms with Crippen molar-refractivity contribution in [2.45, 2.75) is 38.0 Å². The second-order valence-electron chi connectivity index (χ2n) is 7.91. The van der Waals surface area contributed by atoms with E-state index < -0.39 is 6.10 Å². The Morgan fingerprint density at radius 2 is 1.97 bits per heavy atom. The van der Waals surface area contributed by atoms with E-state index in [2.05, 4.69) is 15.3 Å². The van der Waals surface area contributed by atoms with Crippen LogP contribution in [0.3, 0.4) is 0 Å². The summed E-state index contributed by atoms with van der Waals surface area (Å²) in [6.45, 7) is 1.64. The van der Waals surface area contributed by atoms with E-state index in [-0.39, 0.29) is 18.1 Å². The molecule has 3 aromatic rings. The van der Waals surface area contributed by atoms with Crippen LogP contribution in [0.1, 0.15) is 48.9 Å². The van der Waals surface area contributed by atoms with Crippen molar-refractivity contribution < 1.29 is 10.2 Å². The van der Waals surface area contributed by atoms with Gasteiger partial charge < -0.3 is 26.7 Å². The molecule has 0 spiro atoms. The van der Waals surface area contributed by atoms with Crippen molar-refractivity contribution in [3.8, 4) is 11.3 Å². The number of hydrogen-bond acceptors (Lipinski definition) is 8. The van der Waals surface area contributed by atoms with E-state index in [1.807, 2.05) is 36.4 Å². The van der Waals surface area contributed by atoms with E-state index in [1.54, 1.807) is 19.2 Å². The van der Waals surface area contributed by atoms with Gasteiger partial charge in [0.15, 0.2) is 0 Å². The van der Waals surface area contributed by atoms with E-state index in [9.17, 15) is 10.2 Å². The van der Waals surface area contributed by atoms with E-state index in [0.717, 1.165) is 17.0 Å². The van der Waals surface area contributed by atoms with Crippen molar-refractivity contribution >= 4 is 17.9 Å². The van der Waals surface area contributed by atoms with Crippen molar-refractivity contribution in [3.63, 3.8) is 0 Å². The standard InChI is InChI=1S/C23H26N6O2/c1-13(30)18-7-8-26-23(28-18)29-21-11-14(5-6-15(21)12-24)19-3-2-4-20(27-19)22(25)16-9-17(31)10-16/h2-8,11-13,16-17,22,24,30-31H,9-10,25H2,1H3,(H,26,28,29). The van der Waals surface area contributed by atoms with E-state index in [1.165, 1.54) is 6.21 Å². The smallest absolute Gasteiger partial charge is 0.227 e. The summed E-state index contributed by atoms with van der Waals surface area (Å²) in [4.78, 5) is 13.3. The number of hydrogen-bond donors (Lipinski definition) is 5. The van der Waals surface area contributed by atoms with Gasteiger partial charge in [0.25, 0.3) is 0 Å². The van der Waals surface area contributed by atoms with Crippen LogP contribution in [0.4, 0.5) is 11.6 Å². The molecule has 1 aliphatic rings. The molecule has 0 aliphatic heterocycles. The van der Waals surface area contributed by atoms with Crippen LogP contribution in [0.2, 0.25) is 0 Å². The molecule has 1 saturated carbocycles. The third kappa shape index (κ3) is 4.61. The first kappa shape index (κ1) is 21.0. The van der Waals surface area contributed by atoms with Gasteiger partial charge in [0.2, 0.25) is 5.95 Å². The highest BCUT2D eigenvalue weighted by atomic mass is 16.3. The number of nitrogens with one attached hydrogen (secondary N) is 2. The van der Waals surface area contributed by atoms with Gasteiger partial charge in [-0.3, -0.25) is 4.98 Å². The first-order valence-electron chi connectivity index (χ1n) is 10.3. The Labute approximate surface area is 180 Å². The van der Waals surface area contributed by atoms with Gasteiger partial charge in [0, 0.05) is 23.5 Å². The third-order valence-electron chi connectivity index (χ3n) is 5.63. The normalized spacial score (nSPS) is 19.9. The van der Waals surface area contributed by atoms with Crippen molar-refractivity contribution in [1.82, 2.24) is 15.0 Å². The van der Waals surface area contributed by atoms with Crippen molar-refractivity contribution in [3.05, 3.63) is 65.6 Å². The van der Waals surface area contributed by atoms with Gasteiger partial charge in [0.1, 0.15) is 0 Å². The van der Waals surface area contributed by atoms with Crippen LogP contribution in [0, 0.1) is 11.3 Å². The molecule has 8 nitrogen and oxygen atoms in total. The lowest BCUT2D eigenvalue weighted by molar-refractivity contribution is 0.0302. The number of rotatable bonds is 7. The minimum atomic E-state index is -0.704. The van der Waals surface area contributed by atoms with Crippen molar-refractivity contribution in [2.24, 2.45) is 11.7 Å². The summed E-state index contributed by atoms with van der Waals surface area (Å²) < 4.78 is 0. The quantitative estimate of drug-likeness (QED) is 0.371. The molecule has 6 N–H and O–H groups in total. The molecule has 0 saturated heterocycles. The molecule has 2 heterocycles. The maximum Gasteiger partial charge on any atom is 0.227 e. The lowest BCUT2D eigenvalue weighted by atomic mass is 9.76. The van der Waals surface area contributed by atoms with Crippen LogP contribution in [-0.4, -0.2) is 37.5 Å². The summed E-state index contributed by atoms with van der Waals surface area (Å²) in [5.74, 6) is 0.583. The Kier molecular flexibility index (Phi) is 6.03. The molecule has 0 radical (unpaired) electrons. The molecule has 8 heteroatoms. The number of aliphatic hydroxyl groups is 2. The second-order valence-corrected chi connectivity index (χ2v) is 7.91. The minimum absolute atomic E-state index is 0.210. The lowest BCUT2D eigenvalue weighted by Gasteiger charge is -2.35. The van der Waals surface area contributed by atoms with Crippen LogP contribution >= 0.6 is 0 Å². The second kappa shape index (κ2) is 8.89. The van der Waals surface area contributed by atoms with Crippen LogP contribution in [0.5, 0.6) is 0 Å². The van der Waals surface area contributed by atoms with Crippen LogP contribution in [0.25, 0.3) is 11.3 Å².